The summed E-state index contributed by atoms with van der Waals surface area (Å²) in [5, 5.41) is 24.8. The summed E-state index contributed by atoms with van der Waals surface area (Å²) in [6.07, 6.45) is 2.26. The predicted molar refractivity (Wildman–Crippen MR) is 107 cm³/mol. The zero-order valence-corrected chi connectivity index (χ0v) is 16.6. The lowest BCUT2D eigenvalue weighted by Gasteiger charge is -2.63. The molecule has 1 saturated heterocycles. The number of aromatic hydroxyl groups is 1. The van der Waals surface area contributed by atoms with E-state index < -0.39 is 22.5 Å². The van der Waals surface area contributed by atoms with Crippen LogP contribution in [0, 0.1) is 0 Å². The molecule has 1 amide bonds. The van der Waals surface area contributed by atoms with E-state index in [1.165, 1.54) is 7.05 Å². The highest BCUT2D eigenvalue weighted by Crippen LogP contribution is 2.56. The number of aliphatic hydroxyl groups is 1. The second-order valence-corrected chi connectivity index (χ2v) is 8.75. The average molecular weight is 395 g/mol. The van der Waals surface area contributed by atoms with Gasteiger partial charge in [0.2, 0.25) is 0 Å². The number of hydrogen-bond acceptors (Lipinski definition) is 5. The van der Waals surface area contributed by atoms with Gasteiger partial charge in [0.1, 0.15) is 11.3 Å². The Balaban J connectivity index is 1.74. The number of H-pyrrole nitrogens is 1. The fraction of sp³-hybridized carbons (Fsp3) is 0.455. The van der Waals surface area contributed by atoms with Gasteiger partial charge < -0.3 is 25.4 Å². The number of amides is 1. The van der Waals surface area contributed by atoms with Gasteiger partial charge in [-0.25, -0.2) is 0 Å². The number of hydrogen-bond donors (Lipinski definition) is 4. The average Bonchev–Trinajstić information content (AvgIpc) is 2.69. The van der Waals surface area contributed by atoms with Crippen LogP contribution in [0.15, 0.2) is 29.1 Å². The van der Waals surface area contributed by atoms with Gasteiger partial charge in [-0.15, -0.1) is 0 Å². The molecule has 5 rings (SSSR count). The Kier molecular flexibility index (Phi) is 3.76. The second-order valence-electron chi connectivity index (χ2n) is 8.75. The van der Waals surface area contributed by atoms with Crippen molar-refractivity contribution in [2.24, 2.45) is 0 Å². The zero-order valence-electron chi connectivity index (χ0n) is 16.6. The number of nitrogens with zero attached hydrogens (tertiary/aromatic N) is 1. The Morgan fingerprint density at radius 1 is 1.28 bits per heavy atom. The first kappa shape index (κ1) is 18.4. The molecule has 29 heavy (non-hydrogen) atoms. The van der Waals surface area contributed by atoms with Gasteiger partial charge in [-0.1, -0.05) is 6.07 Å². The van der Waals surface area contributed by atoms with Crippen LogP contribution in [0.5, 0.6) is 5.75 Å². The van der Waals surface area contributed by atoms with E-state index in [1.807, 2.05) is 13.1 Å². The highest BCUT2D eigenvalue weighted by molar-refractivity contribution is 5.93. The van der Waals surface area contributed by atoms with E-state index in [4.69, 9.17) is 0 Å². The lowest BCUT2D eigenvalue weighted by Crippen LogP contribution is -2.73. The Morgan fingerprint density at radius 2 is 2.07 bits per heavy atom. The number of likely N-dealkylation sites (tertiary alicyclic amines) is 1. The molecule has 7 nitrogen and oxygen atoms in total. The molecule has 4 N–H and O–H groups in total. The van der Waals surface area contributed by atoms with E-state index >= 15 is 0 Å². The number of pyridine rings is 1. The van der Waals surface area contributed by atoms with E-state index in [1.54, 1.807) is 18.2 Å². The van der Waals surface area contributed by atoms with Crippen LogP contribution in [-0.4, -0.2) is 58.3 Å². The third kappa shape index (κ3) is 2.31. The van der Waals surface area contributed by atoms with Gasteiger partial charge in [-0.2, -0.15) is 0 Å². The first-order chi connectivity index (χ1) is 13.8. The number of rotatable bonds is 1. The maximum Gasteiger partial charge on any atom is 0.261 e. The minimum absolute atomic E-state index is 0.0677. The van der Waals surface area contributed by atoms with E-state index in [-0.39, 0.29) is 17.4 Å². The summed E-state index contributed by atoms with van der Waals surface area (Å²) in [5.74, 6) is -0.246. The first-order valence-corrected chi connectivity index (χ1v) is 10.0. The Hall–Kier alpha value is -2.64. The number of piperidine rings is 1. The minimum Gasteiger partial charge on any atom is -0.508 e. The summed E-state index contributed by atoms with van der Waals surface area (Å²) in [7, 11) is 3.53. The van der Waals surface area contributed by atoms with Crippen LogP contribution in [0.3, 0.4) is 0 Å². The molecule has 2 heterocycles. The fourth-order valence-corrected chi connectivity index (χ4v) is 5.96. The van der Waals surface area contributed by atoms with Gasteiger partial charge in [0, 0.05) is 37.0 Å². The molecule has 3 aliphatic rings. The molecular weight excluding hydrogens is 370 g/mol. The number of fused-ring (bicyclic) bond motifs is 2. The fourth-order valence-electron chi connectivity index (χ4n) is 5.96. The number of carbonyl (C=O) groups excluding carboxylic acids is 1. The summed E-state index contributed by atoms with van der Waals surface area (Å²) in [5.41, 5.74) is 1.71. The number of carbonyl (C=O) groups is 1. The molecule has 152 valence electrons. The number of phenolic OH excluding ortho intramolecular Hbond substituents is 1. The summed E-state index contributed by atoms with van der Waals surface area (Å²) >= 11 is 0. The standard InChI is InChI=1S/C22H25N3O4/c1-23-19(27)15-7-13-10-22(29)18-8-12-3-4-14(26)9-16(12)21(22,5-6-25(18)2)11-17(13)24-20(15)28/h3-4,7,9,18,26,29H,5-6,8,10-11H2,1-2H3,(H,23,27)(H,24,28)/t18-,21-,22-/m1/s1. The molecular formula is C22H25N3O4. The molecule has 2 aromatic rings. The molecule has 3 atom stereocenters. The minimum atomic E-state index is -1.05. The Morgan fingerprint density at radius 3 is 2.83 bits per heavy atom. The van der Waals surface area contributed by atoms with Crippen molar-refractivity contribution in [2.45, 2.75) is 42.7 Å². The van der Waals surface area contributed by atoms with Gasteiger partial charge >= 0.3 is 0 Å². The molecule has 1 aromatic heterocycles. The molecule has 0 spiro atoms. The molecule has 0 saturated carbocycles. The monoisotopic (exact) mass is 395 g/mol. The number of aromatic nitrogens is 1. The molecule has 1 aliphatic heterocycles. The SMILES string of the molecule is CNC(=O)c1cc2c([nH]c1=O)C[C@]13CCN(C)[C@H](Cc4ccc(O)cc41)[C@]3(O)C2. The largest absolute Gasteiger partial charge is 0.508 e. The summed E-state index contributed by atoms with van der Waals surface area (Å²) in [6.45, 7) is 0.831. The van der Waals surface area contributed by atoms with Crippen LogP contribution in [0.4, 0.5) is 0 Å². The van der Waals surface area contributed by atoms with Crippen molar-refractivity contribution in [1.29, 1.82) is 0 Å². The maximum absolute atomic E-state index is 12.5. The molecule has 0 unspecified atom stereocenters. The van der Waals surface area contributed by atoms with E-state index in [2.05, 4.69) is 15.2 Å². The maximum atomic E-state index is 12.5. The van der Waals surface area contributed by atoms with Crippen molar-refractivity contribution in [3.63, 3.8) is 0 Å². The van der Waals surface area contributed by atoms with Crippen LogP contribution in [0.25, 0.3) is 0 Å². The van der Waals surface area contributed by atoms with Crippen molar-refractivity contribution >= 4 is 5.91 Å². The Bertz CT molecular complexity index is 1090. The predicted octanol–water partition coefficient (Wildman–Crippen LogP) is 0.468. The third-order valence-corrected chi connectivity index (χ3v) is 7.45. The molecule has 2 bridgehead atoms. The lowest BCUT2D eigenvalue weighted by atomic mass is 9.49. The summed E-state index contributed by atoms with van der Waals surface area (Å²) in [4.78, 5) is 29.8. The van der Waals surface area contributed by atoms with Crippen LogP contribution in [0.1, 0.15) is 39.2 Å². The zero-order chi connectivity index (χ0) is 20.6. The van der Waals surface area contributed by atoms with E-state index in [0.717, 1.165) is 35.3 Å². The van der Waals surface area contributed by atoms with Crippen LogP contribution in [0.2, 0.25) is 0 Å². The number of likely N-dealkylation sites (N-methyl/N-ethyl adjacent to an activating group) is 1. The van der Waals surface area contributed by atoms with Gasteiger partial charge in [-0.3, -0.25) is 9.59 Å². The summed E-state index contributed by atoms with van der Waals surface area (Å²) in [6, 6.07) is 6.99. The number of benzene rings is 1. The van der Waals surface area contributed by atoms with E-state index in [9.17, 15) is 19.8 Å². The van der Waals surface area contributed by atoms with Crippen LogP contribution >= 0.6 is 0 Å². The van der Waals surface area contributed by atoms with Crippen molar-refractivity contribution in [1.82, 2.24) is 15.2 Å². The molecule has 7 heteroatoms. The second kappa shape index (κ2) is 5.93. The van der Waals surface area contributed by atoms with Crippen molar-refractivity contribution in [3.05, 3.63) is 62.6 Å². The van der Waals surface area contributed by atoms with Crippen LogP contribution < -0.4 is 10.9 Å². The quantitative estimate of drug-likeness (QED) is 0.562. The molecule has 2 aliphatic carbocycles. The topological polar surface area (TPSA) is 106 Å². The smallest absolute Gasteiger partial charge is 0.261 e. The van der Waals surface area contributed by atoms with E-state index in [0.29, 0.717) is 19.3 Å². The van der Waals surface area contributed by atoms with Crippen LogP contribution in [-0.2, 0) is 24.7 Å². The highest BCUT2D eigenvalue weighted by atomic mass is 16.3. The molecule has 1 aromatic carbocycles. The molecule has 0 radical (unpaired) electrons. The lowest BCUT2D eigenvalue weighted by molar-refractivity contribution is -0.145. The van der Waals surface area contributed by atoms with Gasteiger partial charge in [-0.05, 0) is 61.3 Å². The Labute approximate surface area is 168 Å². The van der Waals surface area contributed by atoms with Crippen molar-refractivity contribution in [2.75, 3.05) is 20.6 Å². The number of nitrogens with one attached hydrogen (secondary N) is 2. The highest BCUT2D eigenvalue weighted by Gasteiger charge is 2.64. The normalized spacial score (nSPS) is 30.1. The number of phenols is 1. The van der Waals surface area contributed by atoms with Gasteiger partial charge in [0.25, 0.3) is 11.5 Å². The third-order valence-electron chi connectivity index (χ3n) is 7.45. The molecule has 1 fully saturated rings. The van der Waals surface area contributed by atoms with Gasteiger partial charge in [0.15, 0.2) is 0 Å². The summed E-state index contributed by atoms with van der Waals surface area (Å²) < 4.78 is 0. The van der Waals surface area contributed by atoms with Crippen molar-refractivity contribution < 1.29 is 15.0 Å². The number of aromatic amines is 1. The first-order valence-electron chi connectivity index (χ1n) is 10.0. The van der Waals surface area contributed by atoms with Gasteiger partial charge in [0.05, 0.1) is 5.60 Å². The van der Waals surface area contributed by atoms with Crippen molar-refractivity contribution in [3.8, 4) is 5.75 Å².